The normalized spacial score (nSPS) is 11.9. The highest BCUT2D eigenvalue weighted by Crippen LogP contribution is 2.15. The molecule has 1 unspecified atom stereocenters. The van der Waals surface area contributed by atoms with E-state index < -0.39 is 0 Å². The molecule has 1 aromatic carbocycles. The predicted molar refractivity (Wildman–Crippen MR) is 89.2 cm³/mol. The summed E-state index contributed by atoms with van der Waals surface area (Å²) in [6.07, 6.45) is 0. The first kappa shape index (κ1) is 15.7. The van der Waals surface area contributed by atoms with Gasteiger partial charge in [0.2, 0.25) is 0 Å². The van der Waals surface area contributed by atoms with Gasteiger partial charge >= 0.3 is 0 Å². The molecule has 0 radical (unpaired) electrons. The highest BCUT2D eigenvalue weighted by Gasteiger charge is 2.16. The zero-order chi connectivity index (χ0) is 17.1. The van der Waals surface area contributed by atoms with Gasteiger partial charge in [-0.05, 0) is 44.2 Å². The van der Waals surface area contributed by atoms with Gasteiger partial charge in [-0.25, -0.2) is 0 Å². The molecule has 24 heavy (non-hydrogen) atoms. The smallest absolute Gasteiger partial charge is 0.272 e. The van der Waals surface area contributed by atoms with Gasteiger partial charge in [-0.1, -0.05) is 18.2 Å². The Bertz CT molecular complexity index is 913. The van der Waals surface area contributed by atoms with E-state index >= 15 is 0 Å². The highest BCUT2D eigenvalue weighted by molar-refractivity contribution is 5.92. The van der Waals surface area contributed by atoms with Gasteiger partial charge in [0.15, 0.2) is 0 Å². The molecule has 0 aliphatic carbocycles. The number of aryl methyl sites for hydroxylation is 1. The van der Waals surface area contributed by atoms with E-state index in [0.29, 0.717) is 11.4 Å². The van der Waals surface area contributed by atoms with E-state index in [1.165, 1.54) is 16.8 Å². The molecule has 0 aliphatic heterocycles. The summed E-state index contributed by atoms with van der Waals surface area (Å²) in [6.45, 7) is 3.67. The molecule has 0 bridgehead atoms. The number of benzene rings is 1. The van der Waals surface area contributed by atoms with Crippen molar-refractivity contribution in [2.75, 3.05) is 0 Å². The van der Waals surface area contributed by atoms with Crippen LogP contribution in [-0.2, 0) is 0 Å². The molecule has 1 amide bonds. The Balaban J connectivity index is 1.84. The number of amides is 1. The molecule has 3 rings (SSSR count). The third kappa shape index (κ3) is 3.27. The quantitative estimate of drug-likeness (QED) is 0.800. The van der Waals surface area contributed by atoms with Crippen molar-refractivity contribution in [1.82, 2.24) is 15.1 Å². The van der Waals surface area contributed by atoms with Crippen LogP contribution in [0.3, 0.4) is 0 Å². The fraction of sp³-hybridized carbons (Fsp3) is 0.167. The molecule has 0 saturated heterocycles. The van der Waals surface area contributed by atoms with Crippen LogP contribution in [0.25, 0.3) is 5.69 Å². The summed E-state index contributed by atoms with van der Waals surface area (Å²) in [6, 6.07) is 15.1. The summed E-state index contributed by atoms with van der Waals surface area (Å²) in [5.74, 6) is 1.07. The van der Waals surface area contributed by atoms with Gasteiger partial charge < -0.3 is 9.73 Å². The molecule has 6 nitrogen and oxygen atoms in total. The predicted octanol–water partition coefficient (Wildman–Crippen LogP) is 2.62. The van der Waals surface area contributed by atoms with Crippen molar-refractivity contribution in [3.8, 4) is 5.69 Å². The van der Waals surface area contributed by atoms with Gasteiger partial charge in [0.25, 0.3) is 11.5 Å². The van der Waals surface area contributed by atoms with E-state index in [0.717, 1.165) is 5.76 Å². The minimum Gasteiger partial charge on any atom is -0.464 e. The molecule has 6 heteroatoms. The molecule has 0 fully saturated rings. The van der Waals surface area contributed by atoms with Gasteiger partial charge in [-0.3, -0.25) is 9.59 Å². The van der Waals surface area contributed by atoms with Crippen molar-refractivity contribution >= 4 is 5.91 Å². The van der Waals surface area contributed by atoms with Crippen molar-refractivity contribution in [2.24, 2.45) is 0 Å². The summed E-state index contributed by atoms with van der Waals surface area (Å²) in [7, 11) is 0. The number of nitrogens with one attached hydrogen (secondary N) is 1. The Hall–Kier alpha value is -3.15. The highest BCUT2D eigenvalue weighted by atomic mass is 16.3. The average molecular weight is 323 g/mol. The van der Waals surface area contributed by atoms with Crippen LogP contribution in [0.2, 0.25) is 0 Å². The van der Waals surface area contributed by atoms with Gasteiger partial charge in [0.1, 0.15) is 17.2 Å². The molecule has 1 N–H and O–H groups in total. The maximum absolute atomic E-state index is 12.4. The summed E-state index contributed by atoms with van der Waals surface area (Å²) in [5, 5.41) is 6.97. The molecular formula is C18H17N3O3. The fourth-order valence-electron chi connectivity index (χ4n) is 2.31. The van der Waals surface area contributed by atoms with Crippen LogP contribution in [0.1, 0.15) is 35.0 Å². The number of para-hydroxylation sites is 1. The van der Waals surface area contributed by atoms with E-state index in [2.05, 4.69) is 10.4 Å². The second-order valence-electron chi connectivity index (χ2n) is 5.45. The first-order chi connectivity index (χ1) is 11.5. The van der Waals surface area contributed by atoms with E-state index in [1.807, 2.05) is 32.0 Å². The number of hydrogen-bond acceptors (Lipinski definition) is 4. The number of nitrogens with zero attached hydrogens (tertiary/aromatic N) is 2. The Morgan fingerprint density at radius 2 is 1.88 bits per heavy atom. The first-order valence-electron chi connectivity index (χ1n) is 7.57. The number of carbonyl (C=O) groups is 1. The Morgan fingerprint density at radius 1 is 1.12 bits per heavy atom. The lowest BCUT2D eigenvalue weighted by molar-refractivity contribution is 0.0928. The monoisotopic (exact) mass is 323 g/mol. The largest absolute Gasteiger partial charge is 0.464 e. The summed E-state index contributed by atoms with van der Waals surface area (Å²) >= 11 is 0. The minimum absolute atomic E-state index is 0.161. The molecule has 0 spiro atoms. The molecule has 2 heterocycles. The van der Waals surface area contributed by atoms with Crippen molar-refractivity contribution in [2.45, 2.75) is 19.9 Å². The Kier molecular flexibility index (Phi) is 4.29. The molecule has 0 aliphatic rings. The number of carbonyl (C=O) groups excluding carboxylic acids is 1. The van der Waals surface area contributed by atoms with Crippen LogP contribution >= 0.6 is 0 Å². The maximum Gasteiger partial charge on any atom is 0.272 e. The lowest BCUT2D eigenvalue weighted by atomic mass is 10.2. The van der Waals surface area contributed by atoms with Crippen LogP contribution in [0, 0.1) is 6.92 Å². The number of rotatable bonds is 4. The zero-order valence-electron chi connectivity index (χ0n) is 13.4. The third-order valence-corrected chi connectivity index (χ3v) is 3.57. The van der Waals surface area contributed by atoms with Gasteiger partial charge in [0.05, 0.1) is 11.7 Å². The average Bonchev–Trinajstić information content (AvgIpc) is 3.02. The lowest BCUT2D eigenvalue weighted by Gasteiger charge is -2.12. The van der Waals surface area contributed by atoms with Crippen LogP contribution in [0.4, 0.5) is 0 Å². The fourth-order valence-corrected chi connectivity index (χ4v) is 2.31. The third-order valence-electron chi connectivity index (χ3n) is 3.57. The first-order valence-corrected chi connectivity index (χ1v) is 7.57. The molecule has 122 valence electrons. The van der Waals surface area contributed by atoms with Crippen molar-refractivity contribution in [3.63, 3.8) is 0 Å². The van der Waals surface area contributed by atoms with Crippen molar-refractivity contribution in [3.05, 3.63) is 82.2 Å². The van der Waals surface area contributed by atoms with E-state index in [9.17, 15) is 9.59 Å². The topological polar surface area (TPSA) is 77.1 Å². The summed E-state index contributed by atoms with van der Waals surface area (Å²) in [5.41, 5.74) is 0.466. The SMILES string of the molecule is Cc1ccc(C(C)NC(=O)c2ccc(=O)n(-c3ccccc3)n2)o1. The van der Waals surface area contributed by atoms with E-state index in [4.69, 9.17) is 4.42 Å². The van der Waals surface area contributed by atoms with E-state index in [-0.39, 0.29) is 23.2 Å². The maximum atomic E-state index is 12.4. The van der Waals surface area contributed by atoms with Gasteiger partial charge in [-0.15, -0.1) is 0 Å². The number of hydrogen-bond donors (Lipinski definition) is 1. The molecule has 1 atom stereocenters. The van der Waals surface area contributed by atoms with Crippen LogP contribution in [0.15, 0.2) is 63.8 Å². The lowest BCUT2D eigenvalue weighted by Crippen LogP contribution is -2.30. The second-order valence-corrected chi connectivity index (χ2v) is 5.45. The van der Waals surface area contributed by atoms with Gasteiger partial charge in [-0.2, -0.15) is 9.78 Å². The molecule has 2 aromatic heterocycles. The summed E-state index contributed by atoms with van der Waals surface area (Å²) in [4.78, 5) is 24.4. The standard InChI is InChI=1S/C18H17N3O3/c1-12-8-10-16(24-12)13(2)19-18(23)15-9-11-17(22)21(20-15)14-6-4-3-5-7-14/h3-11,13H,1-2H3,(H,19,23). The summed E-state index contributed by atoms with van der Waals surface area (Å²) < 4.78 is 6.71. The zero-order valence-corrected chi connectivity index (χ0v) is 13.4. The molecule has 3 aromatic rings. The van der Waals surface area contributed by atoms with Gasteiger partial charge in [0, 0.05) is 6.07 Å². The Morgan fingerprint density at radius 3 is 2.54 bits per heavy atom. The minimum atomic E-state index is -0.374. The Labute approximate surface area is 138 Å². The second kappa shape index (κ2) is 6.54. The van der Waals surface area contributed by atoms with E-state index in [1.54, 1.807) is 24.3 Å². The van der Waals surface area contributed by atoms with Crippen LogP contribution in [0.5, 0.6) is 0 Å². The van der Waals surface area contributed by atoms with Crippen molar-refractivity contribution in [1.29, 1.82) is 0 Å². The molecular weight excluding hydrogens is 306 g/mol. The van der Waals surface area contributed by atoms with Crippen molar-refractivity contribution < 1.29 is 9.21 Å². The molecule has 0 saturated carbocycles. The number of aromatic nitrogens is 2. The van der Waals surface area contributed by atoms with Crippen LogP contribution in [-0.4, -0.2) is 15.7 Å². The number of furan rings is 1. The van der Waals surface area contributed by atoms with Crippen LogP contribution < -0.4 is 10.9 Å².